The highest BCUT2D eigenvalue weighted by atomic mass is 32.2. The van der Waals surface area contributed by atoms with Crippen LogP contribution in [0.4, 0.5) is 0 Å². The number of carbonyl (C=O) groups excluding carboxylic acids is 1. The molecular weight excluding hydrogens is 284 g/mol. The van der Waals surface area contributed by atoms with Crippen molar-refractivity contribution in [2.45, 2.75) is 44.6 Å². The van der Waals surface area contributed by atoms with Crippen LogP contribution in [-0.4, -0.2) is 26.5 Å². The van der Waals surface area contributed by atoms with Crippen molar-refractivity contribution in [1.29, 1.82) is 0 Å². The van der Waals surface area contributed by atoms with Crippen LogP contribution in [0.3, 0.4) is 0 Å². The van der Waals surface area contributed by atoms with Gasteiger partial charge in [-0.2, -0.15) is 0 Å². The number of carbonyl (C=O) groups is 1. The van der Waals surface area contributed by atoms with Gasteiger partial charge in [-0.3, -0.25) is 9.00 Å². The lowest BCUT2D eigenvalue weighted by Gasteiger charge is -2.45. The fourth-order valence-corrected chi connectivity index (χ4v) is 4.40. The molecule has 2 rings (SSSR count). The number of aryl methyl sites for hydroxylation is 1. The third-order valence-electron chi connectivity index (χ3n) is 4.39. The summed E-state index contributed by atoms with van der Waals surface area (Å²) < 4.78 is 12.6. The van der Waals surface area contributed by atoms with Gasteiger partial charge in [0.25, 0.3) is 0 Å². The summed E-state index contributed by atoms with van der Waals surface area (Å²) in [7, 11) is -1.31. The average molecular weight is 306 g/mol. The van der Waals surface area contributed by atoms with Gasteiger partial charge in [0.2, 0.25) is 0 Å². The van der Waals surface area contributed by atoms with E-state index in [2.05, 4.69) is 0 Å². The molecule has 1 aliphatic carbocycles. The molecule has 1 aliphatic rings. The van der Waals surface area contributed by atoms with E-state index in [-0.39, 0.29) is 18.0 Å². The fourth-order valence-electron chi connectivity index (χ4n) is 2.80. The van der Waals surface area contributed by atoms with E-state index < -0.39 is 21.8 Å². The maximum absolute atomic E-state index is 12.6. The second-order valence-corrected chi connectivity index (χ2v) is 7.97. The van der Waals surface area contributed by atoms with Crippen molar-refractivity contribution in [3.63, 3.8) is 0 Å². The molecule has 2 atom stereocenters. The van der Waals surface area contributed by atoms with Crippen molar-refractivity contribution in [2.75, 3.05) is 5.75 Å². The molecule has 1 N–H and O–H groups in total. The second-order valence-electron chi connectivity index (χ2n) is 6.52. The fraction of sp³-hybridized carbons (Fsp3) is 0.471. The lowest BCUT2D eigenvalue weighted by atomic mass is 9.66. The van der Waals surface area contributed by atoms with Gasteiger partial charge in [-0.25, -0.2) is 0 Å². The number of benzene rings is 1. The van der Waals surface area contributed by atoms with Crippen LogP contribution in [-0.2, 0) is 15.6 Å². The molecule has 0 aliphatic heterocycles. The van der Waals surface area contributed by atoms with E-state index in [1.807, 2.05) is 45.0 Å². The normalized spacial score (nSPS) is 26.3. The van der Waals surface area contributed by atoms with Crippen molar-refractivity contribution in [3.05, 3.63) is 41.5 Å². The summed E-state index contributed by atoms with van der Waals surface area (Å²) in [5, 5.41) is 11.1. The zero-order valence-electron chi connectivity index (χ0n) is 13.0. The Bertz CT molecular complexity index is 613. The van der Waals surface area contributed by atoms with E-state index in [4.69, 9.17) is 0 Å². The molecule has 4 heteroatoms. The van der Waals surface area contributed by atoms with E-state index in [0.717, 1.165) is 5.56 Å². The lowest BCUT2D eigenvalue weighted by Crippen LogP contribution is -2.53. The Labute approximate surface area is 128 Å². The first kappa shape index (κ1) is 16.1. The molecule has 1 unspecified atom stereocenters. The summed E-state index contributed by atoms with van der Waals surface area (Å²) in [6.07, 6.45) is 1.75. The summed E-state index contributed by atoms with van der Waals surface area (Å²) in [6, 6.07) is 7.48. The molecule has 0 heterocycles. The number of allylic oxidation sites excluding steroid dienone is 1. The molecular formula is C17H22O3S. The maximum atomic E-state index is 12.6. The van der Waals surface area contributed by atoms with Crippen molar-refractivity contribution in [2.24, 2.45) is 5.41 Å². The van der Waals surface area contributed by atoms with Gasteiger partial charge in [0.1, 0.15) is 5.60 Å². The van der Waals surface area contributed by atoms with Gasteiger partial charge >= 0.3 is 0 Å². The smallest absolute Gasteiger partial charge is 0.156 e. The van der Waals surface area contributed by atoms with E-state index >= 15 is 0 Å². The molecule has 1 aromatic rings. The summed E-state index contributed by atoms with van der Waals surface area (Å²) >= 11 is 0. The number of rotatable bonds is 3. The van der Waals surface area contributed by atoms with Gasteiger partial charge in [0.05, 0.1) is 16.6 Å². The number of hydrogen-bond donors (Lipinski definition) is 1. The van der Waals surface area contributed by atoms with Crippen molar-refractivity contribution >= 4 is 16.6 Å². The van der Waals surface area contributed by atoms with Crippen LogP contribution in [0.5, 0.6) is 0 Å². The Balaban J connectivity index is 2.32. The number of aliphatic hydroxyl groups is 1. The highest BCUT2D eigenvalue weighted by Gasteiger charge is 2.49. The van der Waals surface area contributed by atoms with Crippen LogP contribution in [0.15, 0.2) is 40.8 Å². The van der Waals surface area contributed by atoms with Crippen LogP contribution >= 0.6 is 0 Å². The summed E-state index contributed by atoms with van der Waals surface area (Å²) in [5.74, 6) is 0.127. The summed E-state index contributed by atoms with van der Waals surface area (Å²) in [5.41, 5.74) is -0.140. The Morgan fingerprint density at radius 2 is 1.76 bits per heavy atom. The second kappa shape index (κ2) is 5.50. The number of hydrogen-bond acceptors (Lipinski definition) is 3. The molecule has 0 fully saturated rings. The SMILES string of the molecule is CC1=CC(=O)CC(C)(C)[C@@]1(O)CS(=O)c1ccc(C)cc1. The number of ketones is 1. The largest absolute Gasteiger partial charge is 0.384 e. The van der Waals surface area contributed by atoms with Crippen LogP contribution in [0.25, 0.3) is 0 Å². The molecule has 0 amide bonds. The zero-order chi connectivity index (χ0) is 15.8. The Morgan fingerprint density at radius 1 is 1.19 bits per heavy atom. The Morgan fingerprint density at radius 3 is 2.29 bits per heavy atom. The third-order valence-corrected chi connectivity index (χ3v) is 5.87. The molecule has 114 valence electrons. The monoisotopic (exact) mass is 306 g/mol. The van der Waals surface area contributed by atoms with E-state index in [1.54, 1.807) is 6.92 Å². The van der Waals surface area contributed by atoms with Gasteiger partial charge in [0, 0.05) is 16.7 Å². The molecule has 0 saturated heterocycles. The standard InChI is InChI=1S/C17H22O3S/c1-12-5-7-15(8-6-12)21(20)11-17(19)13(2)9-14(18)10-16(17,3)4/h5-9,19H,10-11H2,1-4H3/t17-,21?/m1/s1. The first-order valence-corrected chi connectivity index (χ1v) is 8.37. The predicted octanol–water partition coefficient (Wildman–Crippen LogP) is 2.78. The Hall–Kier alpha value is -1.26. The lowest BCUT2D eigenvalue weighted by molar-refractivity contribution is -0.122. The van der Waals surface area contributed by atoms with E-state index in [0.29, 0.717) is 10.5 Å². The van der Waals surface area contributed by atoms with Crippen LogP contribution in [0.1, 0.15) is 32.8 Å². The van der Waals surface area contributed by atoms with Gasteiger partial charge in [-0.05, 0) is 37.6 Å². The average Bonchev–Trinajstić information content (AvgIpc) is 2.36. The van der Waals surface area contributed by atoms with Gasteiger partial charge < -0.3 is 5.11 Å². The van der Waals surface area contributed by atoms with E-state index in [1.165, 1.54) is 6.08 Å². The first-order valence-electron chi connectivity index (χ1n) is 7.05. The zero-order valence-corrected chi connectivity index (χ0v) is 13.8. The van der Waals surface area contributed by atoms with Gasteiger partial charge in [-0.1, -0.05) is 31.5 Å². The van der Waals surface area contributed by atoms with Crippen LogP contribution in [0.2, 0.25) is 0 Å². The molecule has 0 aromatic heterocycles. The molecule has 0 saturated carbocycles. The highest BCUT2D eigenvalue weighted by Crippen LogP contribution is 2.44. The van der Waals surface area contributed by atoms with Crippen molar-refractivity contribution < 1.29 is 14.1 Å². The minimum atomic E-state index is -1.31. The van der Waals surface area contributed by atoms with Crippen LogP contribution < -0.4 is 0 Å². The van der Waals surface area contributed by atoms with Crippen LogP contribution in [0, 0.1) is 12.3 Å². The minimum absolute atomic E-state index is 0.0169. The Kier molecular flexibility index (Phi) is 4.22. The molecule has 21 heavy (non-hydrogen) atoms. The first-order chi connectivity index (χ1) is 9.65. The maximum Gasteiger partial charge on any atom is 0.156 e. The van der Waals surface area contributed by atoms with Crippen molar-refractivity contribution in [1.82, 2.24) is 0 Å². The molecule has 1 aromatic carbocycles. The molecule has 3 nitrogen and oxygen atoms in total. The summed E-state index contributed by atoms with van der Waals surface area (Å²) in [6.45, 7) is 7.43. The quantitative estimate of drug-likeness (QED) is 0.934. The predicted molar refractivity (Wildman–Crippen MR) is 84.6 cm³/mol. The van der Waals surface area contributed by atoms with Gasteiger partial charge in [-0.15, -0.1) is 0 Å². The summed E-state index contributed by atoms with van der Waals surface area (Å²) in [4.78, 5) is 12.4. The molecule has 0 spiro atoms. The third kappa shape index (κ3) is 3.01. The molecule has 0 bridgehead atoms. The van der Waals surface area contributed by atoms with Crippen molar-refractivity contribution in [3.8, 4) is 0 Å². The highest BCUT2D eigenvalue weighted by molar-refractivity contribution is 7.85. The van der Waals surface area contributed by atoms with E-state index in [9.17, 15) is 14.1 Å². The molecule has 0 radical (unpaired) electrons. The topological polar surface area (TPSA) is 54.4 Å². The van der Waals surface area contributed by atoms with Gasteiger partial charge in [0.15, 0.2) is 5.78 Å². The minimum Gasteiger partial charge on any atom is -0.384 e.